The van der Waals surface area contributed by atoms with Gasteiger partial charge in [0.25, 0.3) is 5.91 Å². The molecular formula is C24H22Cl2N4O2. The molecule has 32 heavy (non-hydrogen) atoms. The van der Waals surface area contributed by atoms with Crippen LogP contribution in [0.25, 0.3) is 0 Å². The SMILES string of the molecule is CC1(C)Cc2c3c(cc(C(=O)Nc4ccc(Cl)cc4)c2O1)NC(Nc1ccccc1Cl)N3. The first kappa shape index (κ1) is 20.8. The Morgan fingerprint density at radius 2 is 1.84 bits per heavy atom. The van der Waals surface area contributed by atoms with Crippen LogP contribution in [0.5, 0.6) is 5.75 Å². The summed E-state index contributed by atoms with van der Waals surface area (Å²) in [5.41, 5.74) is 4.27. The highest BCUT2D eigenvalue weighted by atomic mass is 35.5. The lowest BCUT2D eigenvalue weighted by Gasteiger charge is -2.18. The first-order valence-corrected chi connectivity index (χ1v) is 11.0. The molecule has 1 unspecified atom stereocenters. The van der Waals surface area contributed by atoms with Crippen molar-refractivity contribution in [2.24, 2.45) is 0 Å². The number of ether oxygens (including phenoxy) is 1. The maximum absolute atomic E-state index is 13.2. The summed E-state index contributed by atoms with van der Waals surface area (Å²) in [7, 11) is 0. The van der Waals surface area contributed by atoms with Crippen LogP contribution in [0.1, 0.15) is 29.8 Å². The summed E-state index contributed by atoms with van der Waals surface area (Å²) >= 11 is 12.3. The number of fused-ring (bicyclic) bond motifs is 3. The molecule has 8 heteroatoms. The van der Waals surface area contributed by atoms with Crippen LogP contribution in [0.3, 0.4) is 0 Å². The van der Waals surface area contributed by atoms with Gasteiger partial charge in [0.2, 0.25) is 0 Å². The van der Waals surface area contributed by atoms with Gasteiger partial charge in [0.15, 0.2) is 6.29 Å². The van der Waals surface area contributed by atoms with E-state index in [1.54, 1.807) is 24.3 Å². The number of benzene rings is 3. The highest BCUT2D eigenvalue weighted by molar-refractivity contribution is 6.33. The zero-order valence-corrected chi connectivity index (χ0v) is 19.1. The molecule has 1 amide bonds. The summed E-state index contributed by atoms with van der Waals surface area (Å²) in [6, 6.07) is 16.4. The lowest BCUT2D eigenvalue weighted by Crippen LogP contribution is -2.31. The van der Waals surface area contributed by atoms with Gasteiger partial charge < -0.3 is 26.0 Å². The van der Waals surface area contributed by atoms with Gasteiger partial charge in [-0.1, -0.05) is 35.3 Å². The summed E-state index contributed by atoms with van der Waals surface area (Å²) < 4.78 is 6.21. The zero-order valence-electron chi connectivity index (χ0n) is 17.6. The molecule has 0 fully saturated rings. The first-order valence-electron chi connectivity index (χ1n) is 10.3. The number of nitrogens with one attached hydrogen (secondary N) is 4. The fraction of sp³-hybridized carbons (Fsp3) is 0.208. The topological polar surface area (TPSA) is 74.4 Å². The van der Waals surface area contributed by atoms with Crippen molar-refractivity contribution in [1.29, 1.82) is 0 Å². The number of para-hydroxylation sites is 1. The van der Waals surface area contributed by atoms with Crippen LogP contribution < -0.4 is 26.0 Å². The Labute approximate surface area is 196 Å². The number of amides is 1. The molecular weight excluding hydrogens is 447 g/mol. The Morgan fingerprint density at radius 3 is 2.59 bits per heavy atom. The monoisotopic (exact) mass is 468 g/mol. The van der Waals surface area contributed by atoms with E-state index in [-0.39, 0.29) is 12.2 Å². The number of rotatable bonds is 4. The smallest absolute Gasteiger partial charge is 0.259 e. The molecule has 0 aliphatic carbocycles. The van der Waals surface area contributed by atoms with Crippen LogP contribution >= 0.6 is 23.2 Å². The number of halogens is 2. The number of anilines is 4. The Hall–Kier alpha value is -3.09. The summed E-state index contributed by atoms with van der Waals surface area (Å²) in [5, 5.41) is 14.4. The minimum absolute atomic E-state index is 0.242. The van der Waals surface area contributed by atoms with Gasteiger partial charge in [-0.25, -0.2) is 0 Å². The predicted molar refractivity (Wildman–Crippen MR) is 130 cm³/mol. The van der Waals surface area contributed by atoms with E-state index in [2.05, 4.69) is 21.3 Å². The van der Waals surface area contributed by atoms with Gasteiger partial charge in [0, 0.05) is 22.7 Å². The number of hydrogen-bond donors (Lipinski definition) is 4. The fourth-order valence-corrected chi connectivity index (χ4v) is 4.38. The van der Waals surface area contributed by atoms with Crippen LogP contribution in [0.2, 0.25) is 10.0 Å². The molecule has 1 atom stereocenters. The second kappa shape index (κ2) is 7.80. The molecule has 0 saturated carbocycles. The molecule has 0 saturated heterocycles. The van der Waals surface area contributed by atoms with Crippen molar-refractivity contribution in [3.05, 3.63) is 75.8 Å². The average Bonchev–Trinajstić information content (AvgIpc) is 3.29. The molecule has 4 N–H and O–H groups in total. The van der Waals surface area contributed by atoms with Crippen LogP contribution in [0.15, 0.2) is 54.6 Å². The third-order valence-corrected chi connectivity index (χ3v) is 6.05. The van der Waals surface area contributed by atoms with E-state index < -0.39 is 5.60 Å². The van der Waals surface area contributed by atoms with Crippen LogP contribution in [0, 0.1) is 0 Å². The average molecular weight is 469 g/mol. The lowest BCUT2D eigenvalue weighted by atomic mass is 9.97. The van der Waals surface area contributed by atoms with E-state index in [1.165, 1.54) is 0 Å². The van der Waals surface area contributed by atoms with E-state index in [4.69, 9.17) is 27.9 Å². The Morgan fingerprint density at radius 1 is 1.09 bits per heavy atom. The molecule has 0 bridgehead atoms. The molecule has 2 aliphatic rings. The molecule has 0 aromatic heterocycles. The van der Waals surface area contributed by atoms with Gasteiger partial charge in [-0.15, -0.1) is 0 Å². The number of carbonyl (C=O) groups excluding carboxylic acids is 1. The molecule has 0 spiro atoms. The quantitative estimate of drug-likeness (QED) is 0.367. The minimum atomic E-state index is -0.414. The zero-order chi connectivity index (χ0) is 22.5. The van der Waals surface area contributed by atoms with Crippen molar-refractivity contribution in [1.82, 2.24) is 0 Å². The molecule has 6 nitrogen and oxygen atoms in total. The van der Waals surface area contributed by atoms with Gasteiger partial charge in [-0.05, 0) is 56.3 Å². The van der Waals surface area contributed by atoms with E-state index in [9.17, 15) is 4.79 Å². The first-order chi connectivity index (χ1) is 15.3. The molecule has 3 aromatic carbocycles. The van der Waals surface area contributed by atoms with Gasteiger partial charge in [0.05, 0.1) is 27.6 Å². The van der Waals surface area contributed by atoms with Crippen LogP contribution in [-0.4, -0.2) is 17.8 Å². The van der Waals surface area contributed by atoms with Crippen LogP contribution in [0.4, 0.5) is 22.7 Å². The Kier molecular flexibility index (Phi) is 5.07. The normalized spacial score (nSPS) is 17.4. The third-order valence-electron chi connectivity index (χ3n) is 5.47. The highest BCUT2D eigenvalue weighted by Gasteiger charge is 2.39. The van der Waals surface area contributed by atoms with E-state index in [1.807, 2.05) is 44.2 Å². The number of hydrogen-bond acceptors (Lipinski definition) is 5. The largest absolute Gasteiger partial charge is 0.486 e. The maximum Gasteiger partial charge on any atom is 0.259 e. The summed E-state index contributed by atoms with van der Waals surface area (Å²) in [6.07, 6.45) is 0.396. The third kappa shape index (κ3) is 3.92. The maximum atomic E-state index is 13.2. The molecule has 2 heterocycles. The second-order valence-electron chi connectivity index (χ2n) is 8.50. The van der Waals surface area contributed by atoms with Crippen molar-refractivity contribution < 1.29 is 9.53 Å². The summed E-state index contributed by atoms with van der Waals surface area (Å²) in [4.78, 5) is 13.2. The van der Waals surface area contributed by atoms with Gasteiger partial charge in [-0.2, -0.15) is 0 Å². The Bertz CT molecular complexity index is 1210. The second-order valence-corrected chi connectivity index (χ2v) is 9.34. The van der Waals surface area contributed by atoms with Gasteiger partial charge >= 0.3 is 0 Å². The predicted octanol–water partition coefficient (Wildman–Crippen LogP) is 6.19. The van der Waals surface area contributed by atoms with Crippen LogP contribution in [-0.2, 0) is 6.42 Å². The van der Waals surface area contributed by atoms with Crippen molar-refractivity contribution in [2.75, 3.05) is 21.3 Å². The molecule has 3 aromatic rings. The Balaban J connectivity index is 1.46. The van der Waals surface area contributed by atoms with Gasteiger partial charge in [0.1, 0.15) is 11.4 Å². The molecule has 5 rings (SSSR count). The van der Waals surface area contributed by atoms with E-state index in [0.717, 1.165) is 22.6 Å². The molecule has 2 aliphatic heterocycles. The minimum Gasteiger partial charge on any atom is -0.486 e. The fourth-order valence-electron chi connectivity index (χ4n) is 4.06. The van der Waals surface area contributed by atoms with Crippen molar-refractivity contribution in [2.45, 2.75) is 32.2 Å². The molecule has 0 radical (unpaired) electrons. The van der Waals surface area contributed by atoms with E-state index >= 15 is 0 Å². The summed E-state index contributed by atoms with van der Waals surface area (Å²) in [6.45, 7) is 4.03. The van der Waals surface area contributed by atoms with Crippen molar-refractivity contribution >= 4 is 51.9 Å². The molecule has 164 valence electrons. The van der Waals surface area contributed by atoms with E-state index in [0.29, 0.717) is 33.5 Å². The highest BCUT2D eigenvalue weighted by Crippen LogP contribution is 2.48. The van der Waals surface area contributed by atoms with Crippen molar-refractivity contribution in [3.8, 4) is 5.75 Å². The summed E-state index contributed by atoms with van der Waals surface area (Å²) in [5.74, 6) is 0.362. The lowest BCUT2D eigenvalue weighted by molar-refractivity contribution is 0.101. The standard InChI is InChI=1S/C24H22Cl2N4O2/c1-24(2)12-16-20-19(29-23(30-20)28-18-6-4-3-5-17(18)26)11-15(21(16)32-24)22(31)27-14-9-7-13(25)8-10-14/h3-11,23,28-30H,12H2,1-2H3,(H,27,31). The number of carbonyl (C=O) groups is 1. The van der Waals surface area contributed by atoms with Crippen molar-refractivity contribution in [3.63, 3.8) is 0 Å². The van der Waals surface area contributed by atoms with Gasteiger partial charge in [-0.3, -0.25) is 4.79 Å².